The lowest BCUT2D eigenvalue weighted by Crippen LogP contribution is -2.34. The monoisotopic (exact) mass is 225 g/mol. The number of alkyl carbamates (subject to hydrolysis) is 1. The van der Waals surface area contributed by atoms with Crippen LogP contribution in [-0.2, 0) is 4.74 Å². The van der Waals surface area contributed by atoms with Crippen LogP contribution in [-0.4, -0.2) is 23.3 Å². The van der Waals surface area contributed by atoms with Crippen molar-refractivity contribution in [2.75, 3.05) is 12.4 Å². The Morgan fingerprint density at radius 2 is 2.33 bits per heavy atom. The van der Waals surface area contributed by atoms with Crippen molar-refractivity contribution in [1.82, 2.24) is 10.3 Å². The summed E-state index contributed by atoms with van der Waals surface area (Å²) in [5.41, 5.74) is 0.937. The molecule has 2 N–H and O–H groups in total. The van der Waals surface area contributed by atoms with Crippen molar-refractivity contribution in [1.29, 1.82) is 0 Å². The first-order valence-corrected chi connectivity index (χ1v) is 4.62. The molecule has 0 aromatic carbocycles. The summed E-state index contributed by atoms with van der Waals surface area (Å²) >= 11 is 4.88. The second-order valence-electron chi connectivity index (χ2n) is 2.74. The molecule has 15 heavy (non-hydrogen) atoms. The van der Waals surface area contributed by atoms with E-state index in [1.54, 1.807) is 6.20 Å². The van der Waals surface area contributed by atoms with Gasteiger partial charge in [-0.05, 0) is 30.8 Å². The maximum absolute atomic E-state index is 10.8. The molecule has 80 valence electrons. The third-order valence-corrected chi connectivity index (χ3v) is 1.85. The van der Waals surface area contributed by atoms with Crippen molar-refractivity contribution in [2.45, 2.75) is 6.92 Å². The molecule has 6 heteroatoms. The van der Waals surface area contributed by atoms with Crippen LogP contribution in [0.1, 0.15) is 5.56 Å². The van der Waals surface area contributed by atoms with Crippen LogP contribution in [0.3, 0.4) is 0 Å². The van der Waals surface area contributed by atoms with Gasteiger partial charge in [0.1, 0.15) is 5.82 Å². The number of nitrogens with one attached hydrogen (secondary N) is 2. The van der Waals surface area contributed by atoms with Gasteiger partial charge in [-0.2, -0.15) is 0 Å². The van der Waals surface area contributed by atoms with E-state index in [2.05, 4.69) is 20.4 Å². The molecule has 1 heterocycles. The van der Waals surface area contributed by atoms with Crippen LogP contribution in [0.25, 0.3) is 0 Å². The molecule has 0 radical (unpaired) electrons. The van der Waals surface area contributed by atoms with Gasteiger partial charge in [0, 0.05) is 6.20 Å². The molecule has 0 unspecified atom stereocenters. The lowest BCUT2D eigenvalue weighted by atomic mass is 10.3. The number of rotatable bonds is 1. The number of methoxy groups -OCH3 is 1. The van der Waals surface area contributed by atoms with Crippen molar-refractivity contribution in [3.63, 3.8) is 0 Å². The fraction of sp³-hybridized carbons (Fsp3) is 0.222. The first-order chi connectivity index (χ1) is 7.13. The Morgan fingerprint density at radius 1 is 1.60 bits per heavy atom. The predicted octanol–water partition coefficient (Wildman–Crippen LogP) is 1.44. The number of anilines is 1. The maximum atomic E-state index is 10.8. The quantitative estimate of drug-likeness (QED) is 0.708. The minimum Gasteiger partial charge on any atom is -0.453 e. The van der Waals surface area contributed by atoms with Gasteiger partial charge in [0.2, 0.25) is 0 Å². The number of carbonyl (C=O) groups is 1. The molecule has 0 atom stereocenters. The van der Waals surface area contributed by atoms with E-state index >= 15 is 0 Å². The number of hydrogen-bond acceptors (Lipinski definition) is 4. The Hall–Kier alpha value is -1.69. The van der Waals surface area contributed by atoms with Crippen LogP contribution in [0.15, 0.2) is 18.3 Å². The molecule has 0 saturated heterocycles. The molecule has 0 aliphatic heterocycles. The Morgan fingerprint density at radius 3 is 2.93 bits per heavy atom. The minimum absolute atomic E-state index is 0.156. The van der Waals surface area contributed by atoms with Crippen LogP contribution in [0, 0.1) is 6.92 Å². The second kappa shape index (κ2) is 5.26. The van der Waals surface area contributed by atoms with Crippen molar-refractivity contribution < 1.29 is 9.53 Å². The van der Waals surface area contributed by atoms with Gasteiger partial charge in [0.05, 0.1) is 7.11 Å². The molecular formula is C9H11N3O2S. The van der Waals surface area contributed by atoms with Gasteiger partial charge < -0.3 is 10.1 Å². The highest BCUT2D eigenvalue weighted by Gasteiger charge is 2.05. The number of thiocarbonyl (C=S) groups is 1. The number of amides is 1. The second-order valence-corrected chi connectivity index (χ2v) is 3.15. The molecule has 0 fully saturated rings. The van der Waals surface area contributed by atoms with Gasteiger partial charge in [0.25, 0.3) is 0 Å². The molecule has 0 bridgehead atoms. The zero-order valence-electron chi connectivity index (χ0n) is 8.40. The highest BCUT2D eigenvalue weighted by atomic mass is 32.1. The largest absolute Gasteiger partial charge is 0.453 e. The first-order valence-electron chi connectivity index (χ1n) is 4.21. The van der Waals surface area contributed by atoms with E-state index in [4.69, 9.17) is 12.2 Å². The van der Waals surface area contributed by atoms with Gasteiger partial charge in [-0.25, -0.2) is 9.78 Å². The van der Waals surface area contributed by atoms with Gasteiger partial charge >= 0.3 is 6.09 Å². The summed E-state index contributed by atoms with van der Waals surface area (Å²) < 4.78 is 4.39. The smallest absolute Gasteiger partial charge is 0.413 e. The Balaban J connectivity index is 2.59. The van der Waals surface area contributed by atoms with E-state index in [1.807, 2.05) is 19.1 Å². The summed E-state index contributed by atoms with van der Waals surface area (Å²) in [7, 11) is 1.27. The van der Waals surface area contributed by atoms with E-state index in [0.717, 1.165) is 5.56 Å². The van der Waals surface area contributed by atoms with E-state index in [0.29, 0.717) is 5.82 Å². The lowest BCUT2D eigenvalue weighted by molar-refractivity contribution is 0.177. The number of hydrogen-bond donors (Lipinski definition) is 2. The topological polar surface area (TPSA) is 63.2 Å². The van der Waals surface area contributed by atoms with E-state index in [1.165, 1.54) is 7.11 Å². The van der Waals surface area contributed by atoms with Crippen LogP contribution < -0.4 is 10.6 Å². The van der Waals surface area contributed by atoms with Crippen LogP contribution >= 0.6 is 12.2 Å². The highest BCUT2D eigenvalue weighted by Crippen LogP contribution is 2.08. The van der Waals surface area contributed by atoms with Gasteiger partial charge in [0.15, 0.2) is 5.11 Å². The highest BCUT2D eigenvalue weighted by molar-refractivity contribution is 7.80. The molecular weight excluding hydrogens is 214 g/mol. The SMILES string of the molecule is COC(=O)NC(=S)Nc1ncccc1C. The number of aromatic nitrogens is 1. The average molecular weight is 225 g/mol. The molecule has 0 aliphatic rings. The van der Waals surface area contributed by atoms with Gasteiger partial charge in [-0.1, -0.05) is 6.07 Å². The molecule has 0 saturated carbocycles. The van der Waals surface area contributed by atoms with Crippen LogP contribution in [0.4, 0.5) is 10.6 Å². The predicted molar refractivity (Wildman–Crippen MR) is 60.7 cm³/mol. The molecule has 1 aromatic rings. The fourth-order valence-corrected chi connectivity index (χ4v) is 1.08. The first kappa shape index (κ1) is 11.4. The van der Waals surface area contributed by atoms with Crippen molar-refractivity contribution in [3.8, 4) is 0 Å². The van der Waals surface area contributed by atoms with Crippen LogP contribution in [0.5, 0.6) is 0 Å². The summed E-state index contributed by atoms with van der Waals surface area (Å²) in [6, 6.07) is 3.70. The number of carbonyl (C=O) groups excluding carboxylic acids is 1. The Labute approximate surface area is 92.8 Å². The zero-order valence-corrected chi connectivity index (χ0v) is 9.22. The number of pyridine rings is 1. The summed E-state index contributed by atoms with van der Waals surface area (Å²) in [5.74, 6) is 0.610. The standard InChI is InChI=1S/C9H11N3O2S/c1-6-4-3-5-10-7(6)11-8(15)12-9(13)14-2/h3-5H,1-2H3,(H2,10,11,12,13,15). The van der Waals surface area contributed by atoms with E-state index < -0.39 is 6.09 Å². The summed E-state index contributed by atoms with van der Waals surface area (Å²) in [6.07, 6.45) is 1.02. The molecule has 1 amide bonds. The normalized spacial score (nSPS) is 9.20. The van der Waals surface area contributed by atoms with Gasteiger partial charge in [-0.15, -0.1) is 0 Å². The number of aryl methyl sites for hydroxylation is 1. The lowest BCUT2D eigenvalue weighted by Gasteiger charge is -2.09. The van der Waals surface area contributed by atoms with Gasteiger partial charge in [-0.3, -0.25) is 5.32 Å². The fourth-order valence-electron chi connectivity index (χ4n) is 0.899. The summed E-state index contributed by atoms with van der Waals surface area (Å²) in [4.78, 5) is 14.9. The summed E-state index contributed by atoms with van der Waals surface area (Å²) in [5, 5.41) is 5.26. The van der Waals surface area contributed by atoms with Crippen molar-refractivity contribution in [2.24, 2.45) is 0 Å². The molecule has 1 rings (SSSR count). The molecule has 5 nitrogen and oxygen atoms in total. The maximum Gasteiger partial charge on any atom is 0.413 e. The molecule has 1 aromatic heterocycles. The summed E-state index contributed by atoms with van der Waals surface area (Å²) in [6.45, 7) is 1.89. The van der Waals surface area contributed by atoms with Crippen LogP contribution in [0.2, 0.25) is 0 Å². The third kappa shape index (κ3) is 3.51. The third-order valence-electron chi connectivity index (χ3n) is 1.64. The van der Waals surface area contributed by atoms with E-state index in [9.17, 15) is 4.79 Å². The van der Waals surface area contributed by atoms with E-state index in [-0.39, 0.29) is 5.11 Å². The zero-order chi connectivity index (χ0) is 11.3. The Kier molecular flexibility index (Phi) is 3.99. The molecule has 0 aliphatic carbocycles. The molecule has 0 spiro atoms. The number of ether oxygens (including phenoxy) is 1. The average Bonchev–Trinajstić information content (AvgIpc) is 2.21. The minimum atomic E-state index is -0.610. The van der Waals surface area contributed by atoms with Crippen molar-refractivity contribution in [3.05, 3.63) is 23.9 Å². The Bertz CT molecular complexity index is 381. The van der Waals surface area contributed by atoms with Crippen molar-refractivity contribution >= 4 is 29.2 Å². The number of nitrogens with zero attached hydrogens (tertiary/aromatic N) is 1.